The normalized spacial score (nSPS) is 14.1. The third-order valence-electron chi connectivity index (χ3n) is 3.84. The average Bonchev–Trinajstić information content (AvgIpc) is 2.85. The van der Waals surface area contributed by atoms with Crippen LogP contribution < -0.4 is 4.72 Å². The molecule has 0 bridgehead atoms. The van der Waals surface area contributed by atoms with Gasteiger partial charge in [-0.05, 0) is 51.1 Å². The second-order valence-corrected chi connectivity index (χ2v) is 9.42. The molecule has 0 aromatic heterocycles. The lowest BCUT2D eigenvalue weighted by atomic mass is 10.1. The van der Waals surface area contributed by atoms with Crippen molar-refractivity contribution < 1.29 is 27.6 Å². The molecule has 0 saturated carbocycles. The van der Waals surface area contributed by atoms with E-state index in [1.165, 1.54) is 24.3 Å². The third kappa shape index (κ3) is 4.16. The molecule has 0 radical (unpaired) electrons. The van der Waals surface area contributed by atoms with Crippen molar-refractivity contribution in [3.05, 3.63) is 64.2 Å². The fourth-order valence-electron chi connectivity index (χ4n) is 2.67. The zero-order valence-corrected chi connectivity index (χ0v) is 17.3. The van der Waals surface area contributed by atoms with Gasteiger partial charge in [-0.1, -0.05) is 28.8 Å². The summed E-state index contributed by atoms with van der Waals surface area (Å²) in [4.78, 5) is 42.0. The maximum Gasteiger partial charge on any atom is 0.365 e. The number of halogens is 1. The minimum atomic E-state index is -3.95. The molecule has 1 N–H and O–H groups in total. The van der Waals surface area contributed by atoms with Crippen molar-refractivity contribution in [1.29, 1.82) is 0 Å². The summed E-state index contributed by atoms with van der Waals surface area (Å²) in [6.45, 7) is 4.99. The highest BCUT2D eigenvalue weighted by atomic mass is 35.5. The van der Waals surface area contributed by atoms with E-state index in [0.29, 0.717) is 5.06 Å². The van der Waals surface area contributed by atoms with E-state index in [4.69, 9.17) is 16.4 Å². The minimum absolute atomic E-state index is 0.0960. The van der Waals surface area contributed by atoms with Crippen molar-refractivity contribution in [1.82, 2.24) is 9.79 Å². The molecule has 1 aliphatic heterocycles. The molecule has 29 heavy (non-hydrogen) atoms. The number of nitrogens with zero attached hydrogens (tertiary/aromatic N) is 1. The van der Waals surface area contributed by atoms with Crippen LogP contribution in [0.3, 0.4) is 0 Å². The van der Waals surface area contributed by atoms with Gasteiger partial charge in [-0.2, -0.15) is 0 Å². The Bertz CT molecular complexity index is 1100. The first-order valence-electron chi connectivity index (χ1n) is 8.44. The number of carbonyl (C=O) groups is 3. The number of sulfonamides is 1. The first kappa shape index (κ1) is 21.0. The van der Waals surface area contributed by atoms with Crippen molar-refractivity contribution >= 4 is 39.4 Å². The van der Waals surface area contributed by atoms with Gasteiger partial charge in [-0.25, -0.2) is 17.9 Å². The highest BCUT2D eigenvalue weighted by Crippen LogP contribution is 2.26. The van der Waals surface area contributed by atoms with Gasteiger partial charge < -0.3 is 4.84 Å². The molecule has 1 heterocycles. The van der Waals surface area contributed by atoms with Crippen LogP contribution in [0.15, 0.2) is 47.4 Å². The molecule has 3 rings (SSSR count). The summed E-state index contributed by atoms with van der Waals surface area (Å²) in [5, 5.41) is 0.235. The molecule has 2 aromatic carbocycles. The van der Waals surface area contributed by atoms with E-state index in [1.807, 2.05) is 0 Å². The van der Waals surface area contributed by atoms with Gasteiger partial charge in [0.05, 0.1) is 26.6 Å². The van der Waals surface area contributed by atoms with Crippen LogP contribution in [-0.2, 0) is 14.9 Å². The summed E-state index contributed by atoms with van der Waals surface area (Å²) >= 11 is 6.02. The topological polar surface area (TPSA) is 110 Å². The van der Waals surface area contributed by atoms with E-state index < -0.39 is 33.3 Å². The quantitative estimate of drug-likeness (QED) is 0.738. The molecule has 2 amide bonds. The maximum atomic E-state index is 12.6. The van der Waals surface area contributed by atoms with Gasteiger partial charge in [0.2, 0.25) is 10.0 Å². The number of fused-ring (bicyclic) bond motifs is 1. The Labute approximate surface area is 172 Å². The molecule has 0 unspecified atom stereocenters. The fourth-order valence-corrected chi connectivity index (χ4v) is 4.31. The monoisotopic (exact) mass is 436 g/mol. The lowest BCUT2D eigenvalue weighted by molar-refractivity contribution is -0.0584. The molecule has 2 aromatic rings. The van der Waals surface area contributed by atoms with E-state index in [-0.39, 0.29) is 26.6 Å². The summed E-state index contributed by atoms with van der Waals surface area (Å²) in [5.41, 5.74) is -0.858. The zero-order valence-electron chi connectivity index (χ0n) is 15.7. The Morgan fingerprint density at radius 2 is 1.59 bits per heavy atom. The number of nitrogens with one attached hydrogen (secondary N) is 1. The van der Waals surface area contributed by atoms with Gasteiger partial charge in [0.25, 0.3) is 11.8 Å². The van der Waals surface area contributed by atoms with E-state index in [1.54, 1.807) is 32.9 Å². The lowest BCUT2D eigenvalue weighted by Gasteiger charge is -2.20. The van der Waals surface area contributed by atoms with Gasteiger partial charge in [0.1, 0.15) is 0 Å². The van der Waals surface area contributed by atoms with E-state index >= 15 is 0 Å². The SMILES string of the molecule is CC(C)(C)NS(=O)(=O)c1ccc(Cl)c(C(=O)ON2C(=O)c3ccccc3C2=O)c1. The van der Waals surface area contributed by atoms with Crippen LogP contribution in [-0.4, -0.2) is 36.8 Å². The van der Waals surface area contributed by atoms with Crippen LogP contribution in [0.4, 0.5) is 0 Å². The number of amides is 2. The van der Waals surface area contributed by atoms with Crippen LogP contribution in [0.5, 0.6) is 0 Å². The molecule has 0 saturated heterocycles. The van der Waals surface area contributed by atoms with Gasteiger partial charge in [-0.3, -0.25) is 9.59 Å². The number of hydrogen-bond acceptors (Lipinski definition) is 6. The van der Waals surface area contributed by atoms with E-state index in [0.717, 1.165) is 6.07 Å². The summed E-state index contributed by atoms with van der Waals surface area (Å²) in [5.74, 6) is -2.74. The molecule has 0 atom stereocenters. The van der Waals surface area contributed by atoms with Crippen LogP contribution in [0.2, 0.25) is 5.02 Å². The van der Waals surface area contributed by atoms with Crippen molar-refractivity contribution in [2.24, 2.45) is 0 Å². The Balaban J connectivity index is 1.89. The predicted octanol–water partition coefficient (Wildman–Crippen LogP) is 2.78. The molecule has 0 spiro atoms. The first-order valence-corrected chi connectivity index (χ1v) is 10.3. The number of imide groups is 1. The number of hydroxylamine groups is 2. The summed E-state index contributed by atoms with van der Waals surface area (Å²) < 4.78 is 27.5. The zero-order chi connectivity index (χ0) is 21.6. The molecule has 8 nitrogen and oxygen atoms in total. The standard InChI is InChI=1S/C19H17ClN2O6S/c1-19(2,3)21-29(26,27)11-8-9-15(20)14(10-11)18(25)28-22-16(23)12-6-4-5-7-13(12)17(22)24/h4-10,21H,1-3H3. The average molecular weight is 437 g/mol. The number of hydrogen-bond donors (Lipinski definition) is 1. The Morgan fingerprint density at radius 3 is 2.10 bits per heavy atom. The number of carbonyl (C=O) groups excluding carboxylic acids is 3. The molecule has 0 fully saturated rings. The molecule has 0 aliphatic carbocycles. The van der Waals surface area contributed by atoms with E-state index in [9.17, 15) is 22.8 Å². The largest absolute Gasteiger partial charge is 0.365 e. The Hall–Kier alpha value is -2.75. The third-order valence-corrected chi connectivity index (χ3v) is 5.92. The minimum Gasteiger partial charge on any atom is -0.324 e. The molecular weight excluding hydrogens is 420 g/mol. The van der Waals surface area contributed by atoms with Crippen LogP contribution in [0.1, 0.15) is 51.8 Å². The van der Waals surface area contributed by atoms with Gasteiger partial charge in [-0.15, -0.1) is 0 Å². The predicted molar refractivity (Wildman–Crippen MR) is 104 cm³/mol. The smallest absolute Gasteiger partial charge is 0.324 e. The highest BCUT2D eigenvalue weighted by molar-refractivity contribution is 7.89. The van der Waals surface area contributed by atoms with Gasteiger partial charge in [0, 0.05) is 5.54 Å². The van der Waals surface area contributed by atoms with Crippen LogP contribution in [0.25, 0.3) is 0 Å². The Morgan fingerprint density at radius 1 is 1.03 bits per heavy atom. The highest BCUT2D eigenvalue weighted by Gasteiger charge is 2.39. The van der Waals surface area contributed by atoms with Crippen LogP contribution in [0, 0.1) is 0 Å². The number of benzene rings is 2. The first-order chi connectivity index (χ1) is 13.4. The van der Waals surface area contributed by atoms with Crippen molar-refractivity contribution in [2.75, 3.05) is 0 Å². The molecule has 1 aliphatic rings. The van der Waals surface area contributed by atoms with Gasteiger partial charge >= 0.3 is 5.97 Å². The summed E-state index contributed by atoms with van der Waals surface area (Å²) in [6.07, 6.45) is 0. The molecular formula is C19H17ClN2O6S. The van der Waals surface area contributed by atoms with Crippen molar-refractivity contribution in [3.63, 3.8) is 0 Å². The fraction of sp³-hybridized carbons (Fsp3) is 0.211. The Kier molecular flexibility index (Phi) is 5.24. The lowest BCUT2D eigenvalue weighted by Crippen LogP contribution is -2.40. The molecule has 152 valence electrons. The molecule has 10 heteroatoms. The second kappa shape index (κ2) is 7.25. The van der Waals surface area contributed by atoms with E-state index in [2.05, 4.69) is 4.72 Å². The summed E-state index contributed by atoms with van der Waals surface area (Å²) in [7, 11) is -3.95. The van der Waals surface area contributed by atoms with Gasteiger partial charge in [0.15, 0.2) is 0 Å². The van der Waals surface area contributed by atoms with Crippen molar-refractivity contribution in [3.8, 4) is 0 Å². The maximum absolute atomic E-state index is 12.6. The number of rotatable bonds is 4. The summed E-state index contributed by atoms with van der Waals surface area (Å²) in [6, 6.07) is 9.48. The van der Waals surface area contributed by atoms with Crippen LogP contribution >= 0.6 is 11.6 Å². The van der Waals surface area contributed by atoms with Crippen molar-refractivity contribution in [2.45, 2.75) is 31.2 Å². The second-order valence-electron chi connectivity index (χ2n) is 7.33.